The average molecular weight is 271 g/mol. The molecule has 0 heterocycles. The molecule has 18 heavy (non-hydrogen) atoms. The van der Waals surface area contributed by atoms with Gasteiger partial charge >= 0.3 is 11.9 Å². The van der Waals surface area contributed by atoms with Crippen LogP contribution in [0, 0.1) is 6.92 Å². The first-order chi connectivity index (χ1) is 8.36. The molecule has 1 aromatic rings. The van der Waals surface area contributed by atoms with E-state index in [2.05, 4.69) is 10.6 Å². The van der Waals surface area contributed by atoms with Crippen LogP contribution >= 0.6 is 11.6 Å². The first-order valence-corrected chi connectivity index (χ1v) is 5.31. The van der Waals surface area contributed by atoms with Gasteiger partial charge in [-0.1, -0.05) is 11.6 Å². The van der Waals surface area contributed by atoms with Crippen molar-refractivity contribution < 1.29 is 19.5 Å². The molecule has 0 radical (unpaired) electrons. The lowest BCUT2D eigenvalue weighted by Gasteiger charge is -2.12. The Hall–Kier alpha value is -2.08. The highest BCUT2D eigenvalue weighted by Gasteiger charge is 2.19. The van der Waals surface area contributed by atoms with Gasteiger partial charge in [-0.3, -0.25) is 9.59 Å². The zero-order valence-corrected chi connectivity index (χ0v) is 10.5. The lowest BCUT2D eigenvalue weighted by Crippen LogP contribution is -2.26. The maximum absolute atomic E-state index is 11.6. The SMILES string of the molecule is CNC(=O)c1cc(Cl)cc(C)c1NC(=O)C(=O)O. The van der Waals surface area contributed by atoms with Crippen LogP contribution in [0.3, 0.4) is 0 Å². The van der Waals surface area contributed by atoms with Crippen LogP contribution in [0.15, 0.2) is 12.1 Å². The summed E-state index contributed by atoms with van der Waals surface area (Å²) in [5.74, 6) is -3.32. The second-order valence-electron chi connectivity index (χ2n) is 3.48. The van der Waals surface area contributed by atoms with Crippen molar-refractivity contribution in [1.82, 2.24) is 5.32 Å². The number of carboxylic acids is 1. The minimum atomic E-state index is -1.63. The van der Waals surface area contributed by atoms with E-state index in [1.165, 1.54) is 19.2 Å². The molecule has 0 aliphatic carbocycles. The Morgan fingerprint density at radius 1 is 1.28 bits per heavy atom. The van der Waals surface area contributed by atoms with E-state index < -0.39 is 17.8 Å². The molecule has 0 saturated heterocycles. The second-order valence-corrected chi connectivity index (χ2v) is 3.92. The van der Waals surface area contributed by atoms with Gasteiger partial charge in [0.2, 0.25) is 0 Å². The number of amides is 2. The number of anilines is 1. The summed E-state index contributed by atoms with van der Waals surface area (Å²) in [5.41, 5.74) is 0.735. The molecule has 96 valence electrons. The van der Waals surface area contributed by atoms with Gasteiger partial charge in [0.15, 0.2) is 0 Å². The Kier molecular flexibility index (Phi) is 4.28. The smallest absolute Gasteiger partial charge is 0.394 e. The first kappa shape index (κ1) is 14.0. The van der Waals surface area contributed by atoms with E-state index in [1.54, 1.807) is 6.92 Å². The highest BCUT2D eigenvalue weighted by atomic mass is 35.5. The number of hydrogen-bond acceptors (Lipinski definition) is 3. The minimum absolute atomic E-state index is 0.108. The Morgan fingerprint density at radius 2 is 1.89 bits per heavy atom. The normalized spacial score (nSPS) is 9.72. The number of carbonyl (C=O) groups is 3. The lowest BCUT2D eigenvalue weighted by molar-refractivity contribution is -0.147. The number of benzene rings is 1. The van der Waals surface area contributed by atoms with Crippen LogP contribution in [0.4, 0.5) is 5.69 Å². The molecular weight excluding hydrogens is 260 g/mol. The molecule has 0 aliphatic heterocycles. The van der Waals surface area contributed by atoms with Gasteiger partial charge in [-0.2, -0.15) is 0 Å². The summed E-state index contributed by atoms with van der Waals surface area (Å²) < 4.78 is 0. The van der Waals surface area contributed by atoms with Gasteiger partial charge in [-0.25, -0.2) is 4.79 Å². The molecule has 6 nitrogen and oxygen atoms in total. The average Bonchev–Trinajstić information content (AvgIpc) is 2.30. The van der Waals surface area contributed by atoms with E-state index in [4.69, 9.17) is 16.7 Å². The fourth-order valence-corrected chi connectivity index (χ4v) is 1.66. The zero-order valence-electron chi connectivity index (χ0n) is 9.70. The molecule has 0 unspecified atom stereocenters. The molecule has 0 atom stereocenters. The maximum Gasteiger partial charge on any atom is 0.394 e. The highest BCUT2D eigenvalue weighted by molar-refractivity contribution is 6.37. The number of hydrogen-bond donors (Lipinski definition) is 3. The topological polar surface area (TPSA) is 95.5 Å². The summed E-state index contributed by atoms with van der Waals surface area (Å²) >= 11 is 5.81. The molecule has 0 saturated carbocycles. The number of carbonyl (C=O) groups excluding carboxylic acids is 2. The van der Waals surface area contributed by atoms with Crippen molar-refractivity contribution in [2.45, 2.75) is 6.92 Å². The number of aryl methyl sites for hydroxylation is 1. The Balaban J connectivity index is 3.28. The van der Waals surface area contributed by atoms with Crippen molar-refractivity contribution in [3.8, 4) is 0 Å². The van der Waals surface area contributed by atoms with Crippen molar-refractivity contribution in [3.63, 3.8) is 0 Å². The Bertz CT molecular complexity index is 528. The molecule has 0 spiro atoms. The second kappa shape index (κ2) is 5.50. The standard InChI is InChI=1S/C11H11ClN2O4/c1-5-3-6(12)4-7(9(15)13-2)8(5)14-10(16)11(17)18/h3-4H,1-2H3,(H,13,15)(H,14,16)(H,17,18). The molecule has 2 amide bonds. The van der Waals surface area contributed by atoms with E-state index in [1.807, 2.05) is 0 Å². The summed E-state index contributed by atoms with van der Waals surface area (Å²) in [6, 6.07) is 2.87. The van der Waals surface area contributed by atoms with Gasteiger partial charge in [-0.05, 0) is 24.6 Å². The van der Waals surface area contributed by atoms with Crippen molar-refractivity contribution in [3.05, 3.63) is 28.3 Å². The van der Waals surface area contributed by atoms with Crippen molar-refractivity contribution in [1.29, 1.82) is 0 Å². The summed E-state index contributed by atoms with van der Waals surface area (Å²) in [7, 11) is 1.42. The summed E-state index contributed by atoms with van der Waals surface area (Å²) in [5, 5.41) is 13.4. The van der Waals surface area contributed by atoms with Crippen LogP contribution in [0.5, 0.6) is 0 Å². The summed E-state index contributed by atoms with van der Waals surface area (Å²) in [6.07, 6.45) is 0. The van der Waals surface area contributed by atoms with Crippen molar-refractivity contribution in [2.75, 3.05) is 12.4 Å². The van der Waals surface area contributed by atoms with Gasteiger partial charge < -0.3 is 15.7 Å². The molecule has 0 aliphatic rings. The lowest BCUT2D eigenvalue weighted by atomic mass is 10.1. The fourth-order valence-electron chi connectivity index (χ4n) is 1.39. The van der Waals surface area contributed by atoms with Crippen LogP contribution in [0.2, 0.25) is 5.02 Å². The monoisotopic (exact) mass is 270 g/mol. The minimum Gasteiger partial charge on any atom is -0.474 e. The van der Waals surface area contributed by atoms with E-state index in [9.17, 15) is 14.4 Å². The number of carboxylic acid groups (broad SMARTS) is 1. The van der Waals surface area contributed by atoms with Crippen LogP contribution in [0.25, 0.3) is 0 Å². The van der Waals surface area contributed by atoms with Gasteiger partial charge in [-0.15, -0.1) is 0 Å². The largest absolute Gasteiger partial charge is 0.474 e. The molecule has 0 bridgehead atoms. The Morgan fingerprint density at radius 3 is 2.39 bits per heavy atom. The van der Waals surface area contributed by atoms with E-state index in [0.717, 1.165) is 0 Å². The fraction of sp³-hybridized carbons (Fsp3) is 0.182. The molecular formula is C11H11ClN2O4. The number of rotatable bonds is 2. The first-order valence-electron chi connectivity index (χ1n) is 4.93. The van der Waals surface area contributed by atoms with Gasteiger partial charge in [0.25, 0.3) is 5.91 Å². The van der Waals surface area contributed by atoms with Crippen LogP contribution in [-0.4, -0.2) is 29.9 Å². The van der Waals surface area contributed by atoms with Crippen LogP contribution in [0.1, 0.15) is 15.9 Å². The van der Waals surface area contributed by atoms with E-state index in [0.29, 0.717) is 10.6 Å². The van der Waals surface area contributed by atoms with E-state index in [-0.39, 0.29) is 11.3 Å². The van der Waals surface area contributed by atoms with E-state index >= 15 is 0 Å². The third kappa shape index (κ3) is 2.98. The molecule has 1 rings (SSSR count). The highest BCUT2D eigenvalue weighted by Crippen LogP contribution is 2.25. The van der Waals surface area contributed by atoms with Crippen molar-refractivity contribution >= 4 is 35.1 Å². The number of aliphatic carboxylic acids is 1. The van der Waals surface area contributed by atoms with Crippen LogP contribution in [-0.2, 0) is 9.59 Å². The van der Waals surface area contributed by atoms with Gasteiger partial charge in [0.1, 0.15) is 0 Å². The number of halogens is 1. The predicted molar refractivity (Wildman–Crippen MR) is 65.8 cm³/mol. The third-order valence-corrected chi connectivity index (χ3v) is 2.42. The third-order valence-electron chi connectivity index (χ3n) is 2.20. The van der Waals surface area contributed by atoms with Gasteiger partial charge in [0, 0.05) is 12.1 Å². The predicted octanol–water partition coefficient (Wildman–Crippen LogP) is 1.03. The van der Waals surface area contributed by atoms with Gasteiger partial charge in [0.05, 0.1) is 11.3 Å². The zero-order chi connectivity index (χ0) is 13.9. The molecule has 7 heteroatoms. The van der Waals surface area contributed by atoms with Crippen molar-refractivity contribution in [2.24, 2.45) is 0 Å². The Labute approximate surface area is 108 Å². The molecule has 0 fully saturated rings. The molecule has 1 aromatic carbocycles. The summed E-state index contributed by atoms with van der Waals surface area (Å²) in [4.78, 5) is 33.3. The number of nitrogens with one attached hydrogen (secondary N) is 2. The molecule has 3 N–H and O–H groups in total. The summed E-state index contributed by atoms with van der Waals surface area (Å²) in [6.45, 7) is 1.61. The quantitative estimate of drug-likeness (QED) is 0.700. The molecule has 0 aromatic heterocycles. The van der Waals surface area contributed by atoms with Crippen LogP contribution < -0.4 is 10.6 Å². The maximum atomic E-state index is 11.6.